The quantitative estimate of drug-likeness (QED) is 0.832. The molecule has 0 spiro atoms. The second-order valence-electron chi connectivity index (χ2n) is 3.94. The van der Waals surface area contributed by atoms with Gasteiger partial charge in [0.15, 0.2) is 0 Å². The van der Waals surface area contributed by atoms with Crippen molar-refractivity contribution >= 4 is 22.9 Å². The fourth-order valence-corrected chi connectivity index (χ4v) is 1.86. The van der Waals surface area contributed by atoms with Gasteiger partial charge < -0.3 is 15.5 Å². The molecule has 0 aliphatic heterocycles. The molecule has 1 heterocycles. The molecule has 0 radical (unpaired) electrons. The van der Waals surface area contributed by atoms with Crippen LogP contribution in [0.2, 0.25) is 0 Å². The Bertz CT molecular complexity index is 554. The van der Waals surface area contributed by atoms with Crippen molar-refractivity contribution in [1.82, 2.24) is 0 Å². The first kappa shape index (κ1) is 12.6. The predicted molar refractivity (Wildman–Crippen MR) is 73.0 cm³/mol. The van der Waals surface area contributed by atoms with E-state index in [9.17, 15) is 4.39 Å². The molecule has 1 unspecified atom stereocenters. The van der Waals surface area contributed by atoms with Gasteiger partial charge in [-0.15, -0.1) is 0 Å². The number of nitrogens with two attached hydrogens (primary N) is 1. The summed E-state index contributed by atoms with van der Waals surface area (Å²) in [4.78, 5) is 0.156. The number of hydrogen-bond donors (Lipinski definition) is 2. The SMILES string of the molecule is CC(Nc1ccc(F)cc1C(N)=S)c1ccco1. The average Bonchev–Trinajstić information content (AvgIpc) is 2.84. The Morgan fingerprint density at radius 2 is 2.22 bits per heavy atom. The van der Waals surface area contributed by atoms with Crippen LogP contribution in [0.15, 0.2) is 41.0 Å². The van der Waals surface area contributed by atoms with Crippen LogP contribution in [0.1, 0.15) is 24.3 Å². The van der Waals surface area contributed by atoms with Crippen molar-refractivity contribution in [2.45, 2.75) is 13.0 Å². The topological polar surface area (TPSA) is 51.2 Å². The van der Waals surface area contributed by atoms with E-state index in [1.807, 2.05) is 19.1 Å². The number of halogens is 1. The maximum atomic E-state index is 13.2. The van der Waals surface area contributed by atoms with Gasteiger partial charge in [0, 0.05) is 11.3 Å². The summed E-state index contributed by atoms with van der Waals surface area (Å²) < 4.78 is 18.4. The fourth-order valence-electron chi connectivity index (χ4n) is 1.69. The first-order chi connectivity index (χ1) is 8.58. The fraction of sp³-hybridized carbons (Fsp3) is 0.154. The smallest absolute Gasteiger partial charge is 0.125 e. The molecule has 2 aromatic rings. The Labute approximate surface area is 110 Å². The van der Waals surface area contributed by atoms with Crippen molar-refractivity contribution in [2.24, 2.45) is 5.73 Å². The van der Waals surface area contributed by atoms with Gasteiger partial charge in [-0.1, -0.05) is 12.2 Å². The van der Waals surface area contributed by atoms with Crippen LogP contribution in [0, 0.1) is 5.82 Å². The molecule has 0 saturated heterocycles. The molecule has 2 rings (SSSR count). The van der Waals surface area contributed by atoms with Crippen LogP contribution >= 0.6 is 12.2 Å². The summed E-state index contributed by atoms with van der Waals surface area (Å²) in [7, 11) is 0. The van der Waals surface area contributed by atoms with E-state index < -0.39 is 0 Å². The van der Waals surface area contributed by atoms with E-state index in [0.717, 1.165) is 5.76 Å². The highest BCUT2D eigenvalue weighted by molar-refractivity contribution is 7.80. The van der Waals surface area contributed by atoms with Gasteiger partial charge in [0.05, 0.1) is 12.3 Å². The van der Waals surface area contributed by atoms with Crippen LogP contribution in [-0.4, -0.2) is 4.99 Å². The Hall–Kier alpha value is -1.88. The number of rotatable bonds is 4. The molecule has 0 saturated carbocycles. The minimum Gasteiger partial charge on any atom is -0.467 e. The van der Waals surface area contributed by atoms with E-state index in [0.29, 0.717) is 11.3 Å². The molecule has 0 amide bonds. The number of nitrogens with one attached hydrogen (secondary N) is 1. The number of furan rings is 1. The molecular weight excluding hydrogens is 251 g/mol. The average molecular weight is 264 g/mol. The molecule has 0 fully saturated rings. The first-order valence-corrected chi connectivity index (χ1v) is 5.88. The van der Waals surface area contributed by atoms with E-state index in [4.69, 9.17) is 22.4 Å². The Morgan fingerprint density at radius 1 is 1.44 bits per heavy atom. The summed E-state index contributed by atoms with van der Waals surface area (Å²) in [6.45, 7) is 1.94. The maximum Gasteiger partial charge on any atom is 0.125 e. The lowest BCUT2D eigenvalue weighted by Gasteiger charge is -2.16. The van der Waals surface area contributed by atoms with Crippen molar-refractivity contribution in [1.29, 1.82) is 0 Å². The summed E-state index contributed by atoms with van der Waals surface area (Å²) in [5.41, 5.74) is 6.76. The molecule has 18 heavy (non-hydrogen) atoms. The summed E-state index contributed by atoms with van der Waals surface area (Å²) in [5, 5.41) is 3.19. The summed E-state index contributed by atoms with van der Waals surface area (Å²) in [6, 6.07) is 7.91. The Kier molecular flexibility index (Phi) is 3.62. The van der Waals surface area contributed by atoms with Gasteiger partial charge >= 0.3 is 0 Å². The third-order valence-electron chi connectivity index (χ3n) is 2.59. The summed E-state index contributed by atoms with van der Waals surface area (Å²) in [6.07, 6.45) is 1.60. The molecule has 0 bridgehead atoms. The van der Waals surface area contributed by atoms with E-state index in [2.05, 4.69) is 5.32 Å². The third kappa shape index (κ3) is 2.68. The van der Waals surface area contributed by atoms with Gasteiger partial charge in [0.1, 0.15) is 16.6 Å². The van der Waals surface area contributed by atoms with Gasteiger partial charge in [-0.25, -0.2) is 4.39 Å². The first-order valence-electron chi connectivity index (χ1n) is 5.47. The highest BCUT2D eigenvalue weighted by Gasteiger charge is 2.12. The standard InChI is InChI=1S/C13H13FN2OS/c1-8(12-3-2-6-17-12)16-11-5-4-9(14)7-10(11)13(15)18/h2-8,16H,1H3,(H2,15,18). The molecule has 3 N–H and O–H groups in total. The van der Waals surface area contributed by atoms with Crippen LogP contribution in [0.25, 0.3) is 0 Å². The van der Waals surface area contributed by atoms with Gasteiger partial charge in [0.2, 0.25) is 0 Å². The van der Waals surface area contributed by atoms with Crippen LogP contribution in [0.3, 0.4) is 0 Å². The predicted octanol–water partition coefficient (Wildman–Crippen LogP) is 3.23. The van der Waals surface area contributed by atoms with Crippen molar-refractivity contribution in [3.05, 3.63) is 53.7 Å². The van der Waals surface area contributed by atoms with Crippen LogP contribution in [0.4, 0.5) is 10.1 Å². The van der Waals surface area contributed by atoms with Crippen molar-refractivity contribution in [2.75, 3.05) is 5.32 Å². The minimum absolute atomic E-state index is 0.0569. The van der Waals surface area contributed by atoms with Crippen LogP contribution in [-0.2, 0) is 0 Å². The largest absolute Gasteiger partial charge is 0.467 e. The lowest BCUT2D eigenvalue weighted by atomic mass is 10.1. The highest BCUT2D eigenvalue weighted by atomic mass is 32.1. The second kappa shape index (κ2) is 5.18. The van der Waals surface area contributed by atoms with E-state index in [1.165, 1.54) is 12.1 Å². The van der Waals surface area contributed by atoms with Gasteiger partial charge in [-0.2, -0.15) is 0 Å². The monoisotopic (exact) mass is 264 g/mol. The second-order valence-corrected chi connectivity index (χ2v) is 4.38. The van der Waals surface area contributed by atoms with Gasteiger partial charge in [-0.3, -0.25) is 0 Å². The Balaban J connectivity index is 2.26. The zero-order chi connectivity index (χ0) is 13.1. The molecule has 0 aliphatic carbocycles. The van der Waals surface area contributed by atoms with E-state index in [-0.39, 0.29) is 16.8 Å². The van der Waals surface area contributed by atoms with Crippen molar-refractivity contribution in [3.63, 3.8) is 0 Å². The number of thiocarbonyl (C=S) groups is 1. The van der Waals surface area contributed by atoms with Crippen LogP contribution in [0.5, 0.6) is 0 Å². The lowest BCUT2D eigenvalue weighted by Crippen LogP contribution is -2.15. The van der Waals surface area contributed by atoms with Gasteiger partial charge in [0.25, 0.3) is 0 Å². The highest BCUT2D eigenvalue weighted by Crippen LogP contribution is 2.23. The normalized spacial score (nSPS) is 12.1. The molecule has 1 aromatic carbocycles. The van der Waals surface area contributed by atoms with Crippen LogP contribution < -0.4 is 11.1 Å². The minimum atomic E-state index is -0.367. The third-order valence-corrected chi connectivity index (χ3v) is 2.81. The molecule has 94 valence electrons. The molecule has 1 atom stereocenters. The van der Waals surface area contributed by atoms with Gasteiger partial charge in [-0.05, 0) is 37.3 Å². The van der Waals surface area contributed by atoms with E-state index in [1.54, 1.807) is 12.3 Å². The summed E-state index contributed by atoms with van der Waals surface area (Å²) in [5.74, 6) is 0.419. The number of hydrogen-bond acceptors (Lipinski definition) is 3. The molecule has 0 aliphatic rings. The molecular formula is C13H13FN2OS. The molecule has 5 heteroatoms. The molecule has 3 nitrogen and oxygen atoms in total. The zero-order valence-corrected chi connectivity index (χ0v) is 10.6. The van der Waals surface area contributed by atoms with E-state index >= 15 is 0 Å². The lowest BCUT2D eigenvalue weighted by molar-refractivity contribution is 0.490. The van der Waals surface area contributed by atoms with Crippen molar-refractivity contribution < 1.29 is 8.81 Å². The Morgan fingerprint density at radius 3 is 2.83 bits per heavy atom. The number of anilines is 1. The molecule has 1 aromatic heterocycles. The summed E-state index contributed by atoms with van der Waals surface area (Å²) >= 11 is 4.91. The zero-order valence-electron chi connectivity index (χ0n) is 9.81. The van der Waals surface area contributed by atoms with Crippen molar-refractivity contribution in [3.8, 4) is 0 Å². The number of benzene rings is 1. The maximum absolute atomic E-state index is 13.2.